The summed E-state index contributed by atoms with van der Waals surface area (Å²) in [4.78, 5) is 24.9. The van der Waals surface area contributed by atoms with E-state index in [2.05, 4.69) is 69.0 Å². The number of allylic oxidation sites excluding steroid dienone is 2. The molecule has 3 saturated heterocycles. The van der Waals surface area contributed by atoms with Crippen LogP contribution in [0.1, 0.15) is 95.4 Å². The van der Waals surface area contributed by atoms with Crippen LogP contribution in [0.4, 0.5) is 6.01 Å². The molecule has 3 fully saturated rings. The predicted octanol–water partition coefficient (Wildman–Crippen LogP) is 6.15. The summed E-state index contributed by atoms with van der Waals surface area (Å²) in [5, 5.41) is 4.10. The molecule has 1 aliphatic carbocycles. The molecule has 6 rings (SSSR count). The second-order valence-electron chi connectivity index (χ2n) is 13.2. The van der Waals surface area contributed by atoms with Gasteiger partial charge in [0.05, 0.1) is 6.61 Å². The van der Waals surface area contributed by atoms with E-state index in [1.807, 2.05) is 0 Å². The zero-order valence-electron chi connectivity index (χ0n) is 25.7. The predicted molar refractivity (Wildman–Crippen MR) is 166 cm³/mol. The average molecular weight is 576 g/mol. The van der Waals surface area contributed by atoms with Gasteiger partial charge in [0.25, 0.3) is 0 Å². The first kappa shape index (κ1) is 29.2. The molecule has 4 aliphatic rings. The largest absolute Gasteiger partial charge is 0.493 e. The Labute approximate surface area is 251 Å². The van der Waals surface area contributed by atoms with Crippen molar-refractivity contribution in [1.82, 2.24) is 19.9 Å². The lowest BCUT2D eigenvalue weighted by Gasteiger charge is -2.41. The topological polar surface area (TPSA) is 74.9 Å². The SMILES string of the molecule is CC(C)c1noc(N2CCC(COc3ccc(C4=CCC(C(=O)N5CCC(N6CCCCC6)CC5)CC4)cc3)CC2)n1. The van der Waals surface area contributed by atoms with E-state index in [1.54, 1.807) is 0 Å². The second-order valence-corrected chi connectivity index (χ2v) is 13.2. The minimum Gasteiger partial charge on any atom is -0.493 e. The summed E-state index contributed by atoms with van der Waals surface area (Å²) in [5.41, 5.74) is 2.62. The lowest BCUT2D eigenvalue weighted by Crippen LogP contribution is -2.49. The molecule has 1 atom stereocenters. The van der Waals surface area contributed by atoms with Crippen molar-refractivity contribution in [3.8, 4) is 5.75 Å². The van der Waals surface area contributed by atoms with E-state index in [9.17, 15) is 4.79 Å². The van der Waals surface area contributed by atoms with Crippen molar-refractivity contribution in [2.75, 3.05) is 50.8 Å². The van der Waals surface area contributed by atoms with Crippen LogP contribution in [0.2, 0.25) is 0 Å². The first-order chi connectivity index (χ1) is 20.5. The fourth-order valence-corrected chi connectivity index (χ4v) is 7.17. The van der Waals surface area contributed by atoms with Gasteiger partial charge in [0.15, 0.2) is 5.82 Å². The maximum absolute atomic E-state index is 13.3. The Hall–Kier alpha value is -2.87. The quantitative estimate of drug-likeness (QED) is 0.374. The van der Waals surface area contributed by atoms with E-state index >= 15 is 0 Å². The third kappa shape index (κ3) is 7.01. The lowest BCUT2D eigenvalue weighted by atomic mass is 9.85. The van der Waals surface area contributed by atoms with Gasteiger partial charge in [0, 0.05) is 44.1 Å². The molecule has 1 amide bonds. The highest BCUT2D eigenvalue weighted by molar-refractivity contribution is 5.81. The number of benzene rings is 1. The van der Waals surface area contributed by atoms with Crippen molar-refractivity contribution in [1.29, 1.82) is 0 Å². The van der Waals surface area contributed by atoms with Gasteiger partial charge in [-0.25, -0.2) is 0 Å². The van der Waals surface area contributed by atoms with Gasteiger partial charge in [-0.3, -0.25) is 4.79 Å². The average Bonchev–Trinajstić information content (AvgIpc) is 3.56. The molecule has 0 spiro atoms. The van der Waals surface area contributed by atoms with Gasteiger partial charge in [0.1, 0.15) is 5.75 Å². The summed E-state index contributed by atoms with van der Waals surface area (Å²) in [7, 11) is 0. The standard InChI is InChI=1S/C34H49N5O3/c1-25(2)32-35-34(42-36-32)39-20-14-26(15-21-39)24-41-31-12-10-28(11-13-31)27-6-8-29(9-7-27)33(40)38-22-16-30(17-23-38)37-18-4-3-5-19-37/h6,10-13,25-26,29-30H,3-5,7-9,14-24H2,1-2H3. The minimum absolute atomic E-state index is 0.145. The van der Waals surface area contributed by atoms with Crippen LogP contribution < -0.4 is 9.64 Å². The summed E-state index contributed by atoms with van der Waals surface area (Å²) in [5.74, 6) is 3.03. The number of nitrogens with zero attached hydrogens (tertiary/aromatic N) is 5. The lowest BCUT2D eigenvalue weighted by molar-refractivity contribution is -0.137. The number of rotatable bonds is 8. The number of anilines is 1. The zero-order chi connectivity index (χ0) is 28.9. The Balaban J connectivity index is 0.920. The van der Waals surface area contributed by atoms with Crippen molar-refractivity contribution in [2.45, 2.75) is 90.0 Å². The number of carbonyl (C=O) groups is 1. The van der Waals surface area contributed by atoms with Crippen LogP contribution in [0, 0.1) is 11.8 Å². The van der Waals surface area contributed by atoms with Gasteiger partial charge in [-0.05, 0) is 100 Å². The molecule has 0 N–H and O–H groups in total. The van der Waals surface area contributed by atoms with Crippen molar-refractivity contribution < 1.29 is 14.1 Å². The Morgan fingerprint density at radius 2 is 1.69 bits per heavy atom. The fourth-order valence-electron chi connectivity index (χ4n) is 7.17. The Kier molecular flexibility index (Phi) is 9.47. The van der Waals surface area contributed by atoms with E-state index in [0.717, 1.165) is 89.3 Å². The van der Waals surface area contributed by atoms with Gasteiger partial charge in [-0.1, -0.05) is 43.6 Å². The minimum atomic E-state index is 0.145. The molecule has 42 heavy (non-hydrogen) atoms. The Morgan fingerprint density at radius 3 is 2.33 bits per heavy atom. The first-order valence-corrected chi connectivity index (χ1v) is 16.6. The molecule has 1 unspecified atom stereocenters. The number of aromatic nitrogens is 2. The third-order valence-corrected chi connectivity index (χ3v) is 9.99. The molecule has 2 aromatic rings. The maximum Gasteiger partial charge on any atom is 0.324 e. The van der Waals surface area contributed by atoms with Gasteiger partial charge in [0.2, 0.25) is 5.91 Å². The first-order valence-electron chi connectivity index (χ1n) is 16.6. The summed E-state index contributed by atoms with van der Waals surface area (Å²) >= 11 is 0. The molecule has 0 saturated carbocycles. The summed E-state index contributed by atoms with van der Waals surface area (Å²) < 4.78 is 11.7. The number of carbonyl (C=O) groups excluding carboxylic acids is 1. The molecule has 8 nitrogen and oxygen atoms in total. The molecular weight excluding hydrogens is 526 g/mol. The van der Waals surface area contributed by atoms with Gasteiger partial charge in [-0.15, -0.1) is 0 Å². The molecule has 228 valence electrons. The normalized spacial score (nSPS) is 23.3. The number of ether oxygens (including phenoxy) is 1. The molecule has 0 bridgehead atoms. The summed E-state index contributed by atoms with van der Waals surface area (Å²) in [6, 6.07) is 9.89. The number of hydrogen-bond donors (Lipinski definition) is 0. The highest BCUT2D eigenvalue weighted by Crippen LogP contribution is 2.33. The highest BCUT2D eigenvalue weighted by Gasteiger charge is 2.31. The number of likely N-dealkylation sites (tertiary alicyclic amines) is 2. The fraction of sp³-hybridized carbons (Fsp3) is 0.676. The third-order valence-electron chi connectivity index (χ3n) is 9.99. The van der Waals surface area contributed by atoms with Crippen LogP contribution in [0.25, 0.3) is 5.57 Å². The van der Waals surface area contributed by atoms with Crippen molar-refractivity contribution in [2.24, 2.45) is 11.8 Å². The van der Waals surface area contributed by atoms with Crippen LogP contribution in [0.5, 0.6) is 5.75 Å². The van der Waals surface area contributed by atoms with Crippen molar-refractivity contribution in [3.05, 3.63) is 41.7 Å². The molecule has 8 heteroatoms. The van der Waals surface area contributed by atoms with E-state index in [-0.39, 0.29) is 11.8 Å². The van der Waals surface area contributed by atoms with Crippen LogP contribution in [-0.2, 0) is 4.79 Å². The number of piperidine rings is 3. The zero-order valence-corrected chi connectivity index (χ0v) is 25.7. The van der Waals surface area contributed by atoms with Crippen LogP contribution >= 0.6 is 0 Å². The molecule has 4 heterocycles. The van der Waals surface area contributed by atoms with Crippen molar-refractivity contribution in [3.63, 3.8) is 0 Å². The van der Waals surface area contributed by atoms with Gasteiger partial charge >= 0.3 is 6.01 Å². The van der Waals surface area contributed by atoms with Gasteiger partial charge < -0.3 is 24.0 Å². The maximum atomic E-state index is 13.3. The van der Waals surface area contributed by atoms with E-state index < -0.39 is 0 Å². The molecule has 3 aliphatic heterocycles. The van der Waals surface area contributed by atoms with Crippen LogP contribution in [0.15, 0.2) is 34.9 Å². The Bertz CT molecular complexity index is 1190. The van der Waals surface area contributed by atoms with Gasteiger partial charge in [-0.2, -0.15) is 4.98 Å². The smallest absolute Gasteiger partial charge is 0.324 e. The summed E-state index contributed by atoms with van der Waals surface area (Å²) in [6.07, 6.45) is 13.6. The van der Waals surface area contributed by atoms with Crippen LogP contribution in [0.3, 0.4) is 0 Å². The van der Waals surface area contributed by atoms with Crippen LogP contribution in [-0.4, -0.2) is 77.8 Å². The van der Waals surface area contributed by atoms with E-state index in [4.69, 9.17) is 9.26 Å². The molecule has 0 radical (unpaired) electrons. The second kappa shape index (κ2) is 13.6. The molecular formula is C34H49N5O3. The highest BCUT2D eigenvalue weighted by atomic mass is 16.5. The molecule has 1 aromatic carbocycles. The number of amides is 1. The van der Waals surface area contributed by atoms with E-state index in [0.29, 0.717) is 23.9 Å². The van der Waals surface area contributed by atoms with Crippen molar-refractivity contribution >= 4 is 17.5 Å². The molecule has 1 aromatic heterocycles. The number of hydrogen-bond acceptors (Lipinski definition) is 7. The summed E-state index contributed by atoms with van der Waals surface area (Å²) in [6.45, 7) is 11.1. The monoisotopic (exact) mass is 575 g/mol. The van der Waals surface area contributed by atoms with E-state index in [1.165, 1.54) is 43.5 Å². The Morgan fingerprint density at radius 1 is 0.952 bits per heavy atom.